The number of nitrogens with one attached hydrogen (secondary N) is 1. The van der Waals surface area contributed by atoms with Gasteiger partial charge in [0.25, 0.3) is 10.0 Å². The molecule has 3 heterocycles. The predicted octanol–water partition coefficient (Wildman–Crippen LogP) is 5.10. The third-order valence-corrected chi connectivity index (χ3v) is 9.52. The molecule has 2 aromatic heterocycles. The minimum Gasteiger partial charge on any atom is -0.476 e. The lowest BCUT2D eigenvalue weighted by atomic mass is 9.64. The van der Waals surface area contributed by atoms with Crippen molar-refractivity contribution in [1.29, 1.82) is 0 Å². The summed E-state index contributed by atoms with van der Waals surface area (Å²) in [7, 11) is 1.23. The van der Waals surface area contributed by atoms with Crippen molar-refractivity contribution in [2.75, 3.05) is 43.9 Å². The van der Waals surface area contributed by atoms with E-state index in [0.717, 1.165) is 65.7 Å². The molecule has 0 saturated heterocycles. The van der Waals surface area contributed by atoms with E-state index in [1.807, 2.05) is 37.2 Å². The van der Waals surface area contributed by atoms with E-state index in [1.54, 1.807) is 30.4 Å². The number of nitrogens with zero attached hydrogens (tertiary/aromatic N) is 4. The summed E-state index contributed by atoms with van der Waals surface area (Å²) >= 11 is 0. The highest BCUT2D eigenvalue weighted by molar-refractivity contribution is 7.92. The van der Waals surface area contributed by atoms with Crippen LogP contribution in [0.1, 0.15) is 31.2 Å². The molecule has 2 aliphatic rings. The third-order valence-electron chi connectivity index (χ3n) is 8.17. The second-order valence-electron chi connectivity index (χ2n) is 11.3. The van der Waals surface area contributed by atoms with E-state index in [1.165, 1.54) is 0 Å². The van der Waals surface area contributed by atoms with Crippen molar-refractivity contribution in [2.24, 2.45) is 0 Å². The van der Waals surface area contributed by atoms with Crippen molar-refractivity contribution in [2.45, 2.75) is 36.0 Å². The number of hydrogen-bond donors (Lipinski definition) is 1. The summed E-state index contributed by atoms with van der Waals surface area (Å²) < 4.78 is 62.5. The highest BCUT2D eigenvalue weighted by atomic mass is 32.2. The van der Waals surface area contributed by atoms with Crippen LogP contribution >= 0.6 is 0 Å². The number of benzene rings is 2. The Balaban J connectivity index is 1.41. The number of aromatic nitrogens is 2. The Morgan fingerprint density at radius 2 is 1.77 bits per heavy atom. The van der Waals surface area contributed by atoms with Crippen molar-refractivity contribution >= 4 is 38.2 Å². The Labute approximate surface area is 248 Å². The van der Waals surface area contributed by atoms with E-state index in [0.29, 0.717) is 18.1 Å². The first-order chi connectivity index (χ1) is 20.5. The Kier molecular flexibility index (Phi) is 7.29. The molecule has 1 aliphatic carbocycles. The Morgan fingerprint density at radius 3 is 2.44 bits per heavy atom. The first-order valence-corrected chi connectivity index (χ1v) is 15.5. The van der Waals surface area contributed by atoms with E-state index < -0.39 is 32.0 Å². The minimum atomic E-state index is -4.40. The highest BCUT2D eigenvalue weighted by Crippen LogP contribution is 2.55. The van der Waals surface area contributed by atoms with Crippen molar-refractivity contribution in [1.82, 2.24) is 14.9 Å². The van der Waals surface area contributed by atoms with E-state index >= 15 is 0 Å². The molecule has 0 atom stereocenters. The van der Waals surface area contributed by atoms with Crippen LogP contribution in [0.15, 0.2) is 59.8 Å². The molecule has 1 N–H and O–H groups in total. The van der Waals surface area contributed by atoms with Crippen molar-refractivity contribution < 1.29 is 26.7 Å². The molecule has 9 nitrogen and oxygen atoms in total. The summed E-state index contributed by atoms with van der Waals surface area (Å²) in [5.41, 5.74) is 3.29. The Bertz CT molecular complexity index is 1840. The van der Waals surface area contributed by atoms with Gasteiger partial charge in [-0.25, -0.2) is 22.2 Å². The highest BCUT2D eigenvalue weighted by Gasteiger charge is 2.54. The fourth-order valence-electron chi connectivity index (χ4n) is 5.89. The summed E-state index contributed by atoms with van der Waals surface area (Å²) in [6, 6.07) is 9.33. The second kappa shape index (κ2) is 10.8. The lowest BCUT2D eigenvalue weighted by Crippen LogP contribution is -2.43. The number of sulfonamides is 1. The molecule has 2 aromatic carbocycles. The number of amides is 1. The second-order valence-corrected chi connectivity index (χ2v) is 13.0. The number of halogens is 2. The molecule has 0 unspecified atom stereocenters. The molecule has 6 rings (SSSR count). The normalized spacial score (nSPS) is 15.7. The molecule has 1 amide bonds. The number of fused-ring (bicyclic) bond motifs is 4. The van der Waals surface area contributed by atoms with Gasteiger partial charge < -0.3 is 14.5 Å². The molecular weight excluding hydrogens is 576 g/mol. The number of carbonyl (C=O) groups excluding carboxylic acids is 1. The fraction of sp³-hybridized carbons (Fsp3) is 0.323. The predicted molar refractivity (Wildman–Crippen MR) is 160 cm³/mol. The standard InChI is InChI=1S/C31H31F2N5O4S/c1-37(2)10-5-11-42-29-26(36-43(40,41)23-15-21(32)14-22(33)16-23)13-20(17-35-29)19-6-7-25-24(12-19)28-27(18-34-25)38(3)30(39)31(28)8-4-9-31/h6-7,12-18,36H,4-5,8-11H2,1-3H3. The number of hydrogen-bond acceptors (Lipinski definition) is 7. The smallest absolute Gasteiger partial charge is 0.262 e. The molecule has 1 spiro atoms. The lowest BCUT2D eigenvalue weighted by Gasteiger charge is -2.37. The number of likely N-dealkylation sites (N-methyl/N-ethyl adjacent to an activating group) is 1. The largest absolute Gasteiger partial charge is 0.476 e. The van der Waals surface area contributed by atoms with Crippen LogP contribution in [0, 0.1) is 11.6 Å². The molecule has 4 aromatic rings. The van der Waals surface area contributed by atoms with Gasteiger partial charge in [0.2, 0.25) is 11.8 Å². The van der Waals surface area contributed by atoms with Crippen molar-refractivity contribution in [3.8, 4) is 17.0 Å². The Hall–Kier alpha value is -4.16. The summed E-state index contributed by atoms with van der Waals surface area (Å²) in [6.45, 7) is 1.02. The van der Waals surface area contributed by atoms with Gasteiger partial charge in [-0.15, -0.1) is 0 Å². The number of carbonyl (C=O) groups is 1. The van der Waals surface area contributed by atoms with Gasteiger partial charge in [-0.3, -0.25) is 14.5 Å². The summed E-state index contributed by atoms with van der Waals surface area (Å²) in [5, 5.41) is 0.855. The van der Waals surface area contributed by atoms with Crippen LogP contribution in [0.2, 0.25) is 0 Å². The van der Waals surface area contributed by atoms with Gasteiger partial charge >= 0.3 is 0 Å². The lowest BCUT2D eigenvalue weighted by molar-refractivity contribution is -0.125. The SMILES string of the molecule is CN(C)CCCOc1ncc(-c2ccc3ncc4c(c3c2)C2(CCC2)C(=O)N4C)cc1NS(=O)(=O)c1cc(F)cc(F)c1. The van der Waals surface area contributed by atoms with Gasteiger partial charge in [0.1, 0.15) is 17.3 Å². The van der Waals surface area contributed by atoms with Crippen LogP contribution in [0.25, 0.3) is 22.0 Å². The average molecular weight is 608 g/mol. The molecule has 1 aliphatic heterocycles. The monoisotopic (exact) mass is 607 g/mol. The van der Waals surface area contributed by atoms with Gasteiger partial charge in [-0.05, 0) is 69.3 Å². The van der Waals surface area contributed by atoms with Crippen molar-refractivity contribution in [3.05, 3.63) is 72.1 Å². The zero-order chi connectivity index (χ0) is 30.5. The zero-order valence-electron chi connectivity index (χ0n) is 24.0. The van der Waals surface area contributed by atoms with Gasteiger partial charge in [0, 0.05) is 42.4 Å². The zero-order valence-corrected chi connectivity index (χ0v) is 24.8. The number of anilines is 2. The molecule has 1 fully saturated rings. The maximum absolute atomic E-state index is 13.9. The number of rotatable bonds is 9. The molecule has 0 bridgehead atoms. The minimum absolute atomic E-state index is 0.0221. The molecular formula is C31H31F2N5O4S. The maximum atomic E-state index is 13.9. The van der Waals surface area contributed by atoms with Crippen LogP contribution in [-0.2, 0) is 20.2 Å². The molecule has 224 valence electrons. The van der Waals surface area contributed by atoms with Gasteiger partial charge in [-0.2, -0.15) is 0 Å². The van der Waals surface area contributed by atoms with Crippen molar-refractivity contribution in [3.63, 3.8) is 0 Å². The van der Waals surface area contributed by atoms with Gasteiger partial charge in [0.05, 0.1) is 34.3 Å². The van der Waals surface area contributed by atoms with E-state index in [-0.39, 0.29) is 24.1 Å². The molecule has 12 heteroatoms. The average Bonchev–Trinajstić information content (AvgIpc) is 3.17. The molecule has 1 saturated carbocycles. The summed E-state index contributed by atoms with van der Waals surface area (Å²) in [4.78, 5) is 25.4. The van der Waals surface area contributed by atoms with Gasteiger partial charge in [0.15, 0.2) is 0 Å². The number of ether oxygens (including phenoxy) is 1. The van der Waals surface area contributed by atoms with E-state index in [4.69, 9.17) is 4.74 Å². The number of pyridine rings is 2. The Morgan fingerprint density at radius 1 is 1.02 bits per heavy atom. The van der Waals surface area contributed by atoms with Crippen LogP contribution in [0.5, 0.6) is 5.88 Å². The quantitative estimate of drug-likeness (QED) is 0.264. The van der Waals surface area contributed by atoms with Crippen LogP contribution in [0.3, 0.4) is 0 Å². The molecule has 43 heavy (non-hydrogen) atoms. The van der Waals surface area contributed by atoms with Crippen LogP contribution < -0.4 is 14.4 Å². The summed E-state index contributed by atoms with van der Waals surface area (Å²) in [6.07, 6.45) is 6.52. The summed E-state index contributed by atoms with van der Waals surface area (Å²) in [5.74, 6) is -1.92. The van der Waals surface area contributed by atoms with E-state index in [2.05, 4.69) is 14.7 Å². The third kappa shape index (κ3) is 5.18. The van der Waals surface area contributed by atoms with Crippen LogP contribution in [0.4, 0.5) is 20.2 Å². The van der Waals surface area contributed by atoms with Crippen LogP contribution in [-0.4, -0.2) is 63.5 Å². The first kappa shape index (κ1) is 28.9. The fourth-order valence-corrected chi connectivity index (χ4v) is 6.97. The first-order valence-electron chi connectivity index (χ1n) is 14.0. The van der Waals surface area contributed by atoms with Gasteiger partial charge in [-0.1, -0.05) is 12.5 Å². The molecule has 0 radical (unpaired) electrons. The van der Waals surface area contributed by atoms with E-state index in [9.17, 15) is 22.0 Å². The topological polar surface area (TPSA) is 105 Å². The maximum Gasteiger partial charge on any atom is 0.262 e.